The number of aliphatic hydroxyl groups is 1. The molecule has 1 aromatic rings. The van der Waals surface area contributed by atoms with Crippen LogP contribution in [0.25, 0.3) is 0 Å². The molecule has 0 radical (unpaired) electrons. The first-order chi connectivity index (χ1) is 16.5. The number of hydrogen-bond donors (Lipinski definition) is 1. The molecule has 0 saturated heterocycles. The Kier molecular flexibility index (Phi) is 7.86. The van der Waals surface area contributed by atoms with Crippen molar-refractivity contribution in [2.75, 3.05) is 13.2 Å². The van der Waals surface area contributed by atoms with E-state index < -0.39 is 0 Å². The summed E-state index contributed by atoms with van der Waals surface area (Å²) in [6, 6.07) is 8.47. The molecule has 3 aliphatic carbocycles. The van der Waals surface area contributed by atoms with Gasteiger partial charge in [-0.05, 0) is 90.7 Å². The van der Waals surface area contributed by atoms with E-state index in [0.717, 1.165) is 63.1 Å². The van der Waals surface area contributed by atoms with Gasteiger partial charge in [0.15, 0.2) is 0 Å². The number of hydrogen-bond acceptors (Lipinski definition) is 4. The van der Waals surface area contributed by atoms with E-state index in [1.165, 1.54) is 22.3 Å². The monoisotopic (exact) mass is 460 g/mol. The van der Waals surface area contributed by atoms with Gasteiger partial charge in [-0.25, -0.2) is 0 Å². The van der Waals surface area contributed by atoms with E-state index in [9.17, 15) is 14.7 Å². The lowest BCUT2D eigenvalue weighted by atomic mass is 9.53. The Labute approximate surface area is 203 Å². The highest BCUT2D eigenvalue weighted by Crippen LogP contribution is 2.63. The summed E-state index contributed by atoms with van der Waals surface area (Å²) in [7, 11) is 0. The number of carbonyl (C=O) groups excluding carboxylic acids is 2. The third-order valence-corrected chi connectivity index (χ3v) is 8.40. The largest absolute Gasteiger partial charge is 0.393 e. The van der Waals surface area contributed by atoms with Crippen molar-refractivity contribution in [3.8, 4) is 11.8 Å². The lowest BCUT2D eigenvalue weighted by Crippen LogP contribution is -2.44. The molecular weight excluding hydrogens is 424 g/mol. The van der Waals surface area contributed by atoms with Gasteiger partial charge in [-0.1, -0.05) is 49.8 Å². The number of aliphatic hydroxyl groups excluding tert-OH is 1. The molecule has 1 aromatic carbocycles. The van der Waals surface area contributed by atoms with Crippen molar-refractivity contribution in [2.24, 2.45) is 17.3 Å². The van der Waals surface area contributed by atoms with Gasteiger partial charge >= 0.3 is 0 Å². The summed E-state index contributed by atoms with van der Waals surface area (Å²) in [5.74, 6) is 7.28. The van der Waals surface area contributed by atoms with Gasteiger partial charge in [0.05, 0.1) is 6.10 Å². The molecule has 0 amide bonds. The Morgan fingerprint density at radius 2 is 1.97 bits per heavy atom. The van der Waals surface area contributed by atoms with Crippen molar-refractivity contribution in [2.45, 2.75) is 70.8 Å². The lowest BCUT2D eigenvalue weighted by Gasteiger charge is -2.51. The Hall–Kier alpha value is -2.48. The van der Waals surface area contributed by atoms with Gasteiger partial charge in [-0.3, -0.25) is 4.79 Å². The highest BCUT2D eigenvalue weighted by molar-refractivity contribution is 5.69. The smallest absolute Gasteiger partial charge is 0.145 e. The van der Waals surface area contributed by atoms with Crippen LogP contribution in [0.1, 0.15) is 75.8 Å². The minimum Gasteiger partial charge on any atom is -0.393 e. The zero-order valence-corrected chi connectivity index (χ0v) is 20.4. The van der Waals surface area contributed by atoms with Gasteiger partial charge in [-0.2, -0.15) is 0 Å². The second-order valence-corrected chi connectivity index (χ2v) is 10.2. The molecule has 5 atom stereocenters. The summed E-state index contributed by atoms with van der Waals surface area (Å²) in [5.41, 5.74) is 6.25. The van der Waals surface area contributed by atoms with Crippen LogP contribution < -0.4 is 0 Å². The quantitative estimate of drug-likeness (QED) is 0.265. The topological polar surface area (TPSA) is 63.6 Å². The van der Waals surface area contributed by atoms with Crippen LogP contribution in [0.15, 0.2) is 47.1 Å². The fourth-order valence-electron chi connectivity index (χ4n) is 6.87. The van der Waals surface area contributed by atoms with Crippen LogP contribution >= 0.6 is 0 Å². The van der Waals surface area contributed by atoms with Crippen molar-refractivity contribution < 1.29 is 19.4 Å². The van der Waals surface area contributed by atoms with Gasteiger partial charge in [-0.15, -0.1) is 0 Å². The average Bonchev–Trinajstić information content (AvgIpc) is 3.14. The predicted octanol–water partition coefficient (Wildman–Crippen LogP) is 5.15. The number of fused-ring (bicyclic) bond motifs is 3. The first kappa shape index (κ1) is 24.6. The molecule has 1 N–H and O–H groups in total. The maximum Gasteiger partial charge on any atom is 0.145 e. The van der Waals surface area contributed by atoms with Crippen LogP contribution in [-0.4, -0.2) is 37.0 Å². The molecule has 180 valence electrons. The van der Waals surface area contributed by atoms with Gasteiger partial charge < -0.3 is 14.6 Å². The first-order valence-corrected chi connectivity index (χ1v) is 12.7. The van der Waals surface area contributed by atoms with Crippen LogP contribution in [0.2, 0.25) is 0 Å². The Balaban J connectivity index is 1.72. The summed E-state index contributed by atoms with van der Waals surface area (Å²) >= 11 is 0. The van der Waals surface area contributed by atoms with Crippen LogP contribution in [-0.2, 0) is 14.3 Å². The van der Waals surface area contributed by atoms with E-state index in [0.29, 0.717) is 11.8 Å². The molecule has 0 aromatic heterocycles. The van der Waals surface area contributed by atoms with Gasteiger partial charge in [0.25, 0.3) is 0 Å². The van der Waals surface area contributed by atoms with Crippen molar-refractivity contribution in [1.82, 2.24) is 0 Å². The summed E-state index contributed by atoms with van der Waals surface area (Å²) in [6.45, 7) is 4.82. The van der Waals surface area contributed by atoms with E-state index in [1.807, 2.05) is 0 Å². The number of allylic oxidation sites excluding steroid dienone is 4. The van der Waals surface area contributed by atoms with Crippen LogP contribution in [0, 0.1) is 29.1 Å². The lowest BCUT2D eigenvalue weighted by molar-refractivity contribution is -0.111. The standard InChI is InChI=1S/C30H36O4/c1-3-5-24-23(15-16-31)11-12-25-27-13-14-28(33)30(27,2)20-26(29(24)25)22-9-7-21(8-10-22)6-4-18-34-19-17-32/h7-10,15-17,25-28,33H,3,5,11-14,18-20H2,1-2H3/b23-15-. The summed E-state index contributed by atoms with van der Waals surface area (Å²) in [5, 5.41) is 11.0. The molecule has 5 unspecified atom stereocenters. The zero-order chi connectivity index (χ0) is 24.1. The summed E-state index contributed by atoms with van der Waals surface area (Å²) in [4.78, 5) is 21.8. The maximum atomic E-state index is 11.4. The van der Waals surface area contributed by atoms with E-state index in [1.54, 1.807) is 6.08 Å². The van der Waals surface area contributed by atoms with Crippen molar-refractivity contribution >= 4 is 12.6 Å². The second kappa shape index (κ2) is 10.8. The Morgan fingerprint density at radius 3 is 2.68 bits per heavy atom. The van der Waals surface area contributed by atoms with Crippen molar-refractivity contribution in [3.63, 3.8) is 0 Å². The molecule has 4 rings (SSSR count). The third kappa shape index (κ3) is 4.69. The van der Waals surface area contributed by atoms with Crippen LogP contribution in [0.3, 0.4) is 0 Å². The van der Waals surface area contributed by atoms with Gasteiger partial charge in [0.1, 0.15) is 25.8 Å². The van der Waals surface area contributed by atoms with Crippen molar-refractivity contribution in [1.29, 1.82) is 0 Å². The molecule has 0 heterocycles. The number of ether oxygens (including phenoxy) is 1. The van der Waals surface area contributed by atoms with Crippen LogP contribution in [0.4, 0.5) is 0 Å². The number of aldehydes is 2. The molecule has 2 fully saturated rings. The van der Waals surface area contributed by atoms with Crippen LogP contribution in [0.5, 0.6) is 0 Å². The maximum absolute atomic E-state index is 11.4. The Morgan fingerprint density at radius 1 is 1.18 bits per heavy atom. The molecule has 4 heteroatoms. The van der Waals surface area contributed by atoms with E-state index in [2.05, 4.69) is 50.0 Å². The van der Waals surface area contributed by atoms with Gasteiger partial charge in [0.2, 0.25) is 0 Å². The average molecular weight is 461 g/mol. The van der Waals surface area contributed by atoms with Gasteiger partial charge in [0, 0.05) is 11.5 Å². The molecule has 4 nitrogen and oxygen atoms in total. The Bertz CT molecular complexity index is 1020. The fourth-order valence-corrected chi connectivity index (χ4v) is 6.87. The van der Waals surface area contributed by atoms with Crippen molar-refractivity contribution in [3.05, 3.63) is 58.2 Å². The zero-order valence-electron chi connectivity index (χ0n) is 20.4. The molecule has 0 spiro atoms. The first-order valence-electron chi connectivity index (χ1n) is 12.7. The highest BCUT2D eigenvalue weighted by atomic mass is 16.5. The third-order valence-electron chi connectivity index (χ3n) is 8.40. The van der Waals surface area contributed by atoms with E-state index >= 15 is 0 Å². The number of carbonyl (C=O) groups is 2. The van der Waals surface area contributed by atoms with E-state index in [-0.39, 0.29) is 30.7 Å². The SMILES string of the molecule is CCCC1=C2C(c3ccc(C#CCOCC=O)cc3)CC3(C)C(O)CCC3C2CC/C1=C/C=O. The molecule has 0 aliphatic heterocycles. The molecule has 0 bridgehead atoms. The minimum absolute atomic E-state index is 0.0673. The second-order valence-electron chi connectivity index (χ2n) is 10.2. The normalized spacial score (nSPS) is 31.4. The molecule has 3 aliphatic rings. The number of benzene rings is 1. The van der Waals surface area contributed by atoms with E-state index in [4.69, 9.17) is 4.74 Å². The fraction of sp³-hybridized carbons (Fsp3) is 0.533. The molecular formula is C30H36O4. The summed E-state index contributed by atoms with van der Waals surface area (Å²) in [6.07, 6.45) is 10.2. The molecule has 34 heavy (non-hydrogen) atoms. The molecule has 2 saturated carbocycles. The number of rotatable bonds is 7. The highest BCUT2D eigenvalue weighted by Gasteiger charge is 2.56. The summed E-state index contributed by atoms with van der Waals surface area (Å²) < 4.78 is 5.11. The predicted molar refractivity (Wildman–Crippen MR) is 133 cm³/mol. The minimum atomic E-state index is -0.250.